The second-order valence-electron chi connectivity index (χ2n) is 8.49. The molecule has 0 spiro atoms. The Morgan fingerprint density at radius 1 is 0.758 bits per heavy atom. The van der Waals surface area contributed by atoms with Gasteiger partial charge in [0.15, 0.2) is 0 Å². The van der Waals surface area contributed by atoms with Gasteiger partial charge >= 0.3 is 99.2 Å². The molecule has 2 aliphatic carbocycles. The summed E-state index contributed by atoms with van der Waals surface area (Å²) in [6.45, 7) is 2.20. The molecule has 6 rings (SSSR count). The van der Waals surface area contributed by atoms with Crippen LogP contribution in [0, 0.1) is 13.0 Å². The predicted octanol–water partition coefficient (Wildman–Crippen LogP) is 7.38. The van der Waals surface area contributed by atoms with E-state index in [0.717, 1.165) is 6.42 Å². The third-order valence-electron chi connectivity index (χ3n) is 6.28. The van der Waals surface area contributed by atoms with Gasteiger partial charge in [-0.25, -0.2) is 0 Å². The molecule has 33 heavy (non-hydrogen) atoms. The van der Waals surface area contributed by atoms with Crippen molar-refractivity contribution in [2.45, 2.75) is 19.3 Å². The van der Waals surface area contributed by atoms with Crippen molar-refractivity contribution < 1.29 is 24.2 Å². The van der Waals surface area contributed by atoms with Crippen LogP contribution in [0.2, 0.25) is 0 Å². The van der Waals surface area contributed by atoms with Gasteiger partial charge in [0.1, 0.15) is 0 Å². The first kappa shape index (κ1) is 21.9. The number of rotatable bonds is 3. The zero-order valence-corrected chi connectivity index (χ0v) is 21.2. The second kappa shape index (κ2) is 9.94. The summed E-state index contributed by atoms with van der Waals surface area (Å²) in [5.41, 5.74) is 10.9. The van der Waals surface area contributed by atoms with Crippen LogP contribution < -0.4 is 0 Å². The maximum absolute atomic E-state index is 3.68. The van der Waals surface area contributed by atoms with Crippen LogP contribution in [0.4, 0.5) is 0 Å². The molecule has 0 nitrogen and oxygen atoms in total. The van der Waals surface area contributed by atoms with E-state index < -0.39 is 0 Å². The zero-order valence-electron chi connectivity index (χ0n) is 18.8. The fraction of sp³-hybridized carbons (Fsp3) is 0.0938. The van der Waals surface area contributed by atoms with Crippen LogP contribution in [-0.2, 0) is 30.7 Å². The zero-order chi connectivity index (χ0) is 22.6. The maximum atomic E-state index is 3.68. The van der Waals surface area contributed by atoms with Crippen LogP contribution >= 0.6 is 0 Å². The van der Waals surface area contributed by atoms with Crippen molar-refractivity contribution in [3.05, 3.63) is 155 Å². The standard InChI is InChI=1S/C19H15.C13H10.Zr/c1-13-10-19-16(11-15-8-4-5-9-17(15)19)12-18(13)14-6-2-3-7-14;1-3-7-12(8-4-1)11-13-9-5-2-6-10-13;/h2-10,14H,11H2,1H3;1-10H;/q-1;;. The van der Waals surface area contributed by atoms with Crippen molar-refractivity contribution in [1.29, 1.82) is 0 Å². The molecule has 0 aliphatic heterocycles. The topological polar surface area (TPSA) is 0 Å². The number of allylic oxidation sites excluding steroid dienone is 4. The molecule has 0 radical (unpaired) electrons. The molecular weight excluding hydrogens is 476 g/mol. The van der Waals surface area contributed by atoms with Crippen LogP contribution in [0.1, 0.15) is 39.3 Å². The molecular formula is C32H25Zr-. The molecule has 0 N–H and O–H groups in total. The fourth-order valence-corrected chi connectivity index (χ4v) is 5.38. The number of hydrogen-bond acceptors (Lipinski definition) is 0. The van der Waals surface area contributed by atoms with E-state index in [0.29, 0.717) is 5.92 Å². The molecule has 0 aromatic heterocycles. The van der Waals surface area contributed by atoms with E-state index in [-0.39, 0.29) is 0 Å². The van der Waals surface area contributed by atoms with Crippen LogP contribution in [0.5, 0.6) is 0 Å². The van der Waals surface area contributed by atoms with Crippen molar-refractivity contribution in [3.63, 3.8) is 0 Å². The van der Waals surface area contributed by atoms with Crippen LogP contribution in [0.3, 0.4) is 0 Å². The summed E-state index contributed by atoms with van der Waals surface area (Å²) in [7, 11) is 0. The van der Waals surface area contributed by atoms with Gasteiger partial charge in [0.05, 0.1) is 0 Å². The van der Waals surface area contributed by atoms with Gasteiger partial charge in [0, 0.05) is 0 Å². The van der Waals surface area contributed by atoms with Crippen molar-refractivity contribution in [2.24, 2.45) is 0 Å². The Bertz CT molecular complexity index is 1290. The van der Waals surface area contributed by atoms with Gasteiger partial charge in [0.25, 0.3) is 0 Å². The molecule has 1 heteroatoms. The average molecular weight is 501 g/mol. The molecule has 4 aromatic carbocycles. The van der Waals surface area contributed by atoms with E-state index in [1.54, 1.807) is 0 Å². The molecule has 2 aliphatic rings. The third-order valence-corrected chi connectivity index (χ3v) is 7.70. The summed E-state index contributed by atoms with van der Waals surface area (Å²) in [4.78, 5) is 0. The summed E-state index contributed by atoms with van der Waals surface area (Å²) in [5, 5.41) is 0. The van der Waals surface area contributed by atoms with Crippen LogP contribution in [0.15, 0.2) is 115 Å². The van der Waals surface area contributed by atoms with Gasteiger partial charge in [-0.3, -0.25) is 0 Å². The Labute approximate surface area is 211 Å². The quantitative estimate of drug-likeness (QED) is 0.227. The van der Waals surface area contributed by atoms with Gasteiger partial charge < -0.3 is 0 Å². The van der Waals surface area contributed by atoms with Crippen molar-refractivity contribution in [2.75, 3.05) is 0 Å². The summed E-state index contributed by atoms with van der Waals surface area (Å²) in [6, 6.07) is 35.8. The van der Waals surface area contributed by atoms with Gasteiger partial charge in [-0.2, -0.15) is 17.7 Å². The third kappa shape index (κ3) is 4.75. The fourth-order valence-electron chi connectivity index (χ4n) is 4.56. The number of fused-ring (bicyclic) bond motifs is 3. The van der Waals surface area contributed by atoms with Crippen molar-refractivity contribution in [1.82, 2.24) is 0 Å². The predicted molar refractivity (Wildman–Crippen MR) is 135 cm³/mol. The van der Waals surface area contributed by atoms with E-state index in [1.165, 1.54) is 71.9 Å². The Hall–Kier alpha value is -2.89. The molecule has 0 bridgehead atoms. The molecule has 0 saturated carbocycles. The number of hydrogen-bond donors (Lipinski definition) is 0. The summed E-state index contributed by atoms with van der Waals surface area (Å²) < 4.78 is 1.42. The second-order valence-corrected chi connectivity index (χ2v) is 9.72. The number of benzene rings is 4. The van der Waals surface area contributed by atoms with Crippen molar-refractivity contribution in [3.8, 4) is 11.1 Å². The van der Waals surface area contributed by atoms with Crippen LogP contribution in [0.25, 0.3) is 11.1 Å². The van der Waals surface area contributed by atoms with E-state index in [2.05, 4.69) is 128 Å². The molecule has 0 amide bonds. The normalized spacial score (nSPS) is 13.2. The molecule has 0 unspecified atom stereocenters. The van der Waals surface area contributed by atoms with Gasteiger partial charge in [0.2, 0.25) is 0 Å². The molecule has 0 saturated heterocycles. The van der Waals surface area contributed by atoms with Gasteiger partial charge in [-0.15, -0.1) is 16.7 Å². The number of aryl methyl sites for hydroxylation is 1. The Morgan fingerprint density at radius 2 is 1.33 bits per heavy atom. The first-order chi connectivity index (χ1) is 16.2. The molecule has 158 valence electrons. The summed E-state index contributed by atoms with van der Waals surface area (Å²) in [5.74, 6) is 0.411. The summed E-state index contributed by atoms with van der Waals surface area (Å²) in [6.07, 6.45) is 9.76. The Kier molecular flexibility index (Phi) is 6.61. The molecule has 4 aromatic rings. The first-order valence-corrected chi connectivity index (χ1v) is 12.6. The monoisotopic (exact) mass is 499 g/mol. The minimum absolute atomic E-state index is 0.411. The van der Waals surface area contributed by atoms with Crippen LogP contribution in [-0.4, -0.2) is 3.21 Å². The first-order valence-electron chi connectivity index (χ1n) is 11.4. The SMILES string of the molecule is Cc1cc2c([c-]c1C1C=CC=C1)Cc1ccccc1-2.[Zr]=[C](c1ccccc1)c1ccccc1. The Balaban J connectivity index is 0.000000146. The van der Waals surface area contributed by atoms with Gasteiger partial charge in [-0.1, -0.05) is 66.6 Å². The van der Waals surface area contributed by atoms with E-state index in [1.807, 2.05) is 0 Å². The summed E-state index contributed by atoms with van der Waals surface area (Å²) >= 11 is 1.46. The molecule has 0 heterocycles. The van der Waals surface area contributed by atoms with E-state index in [4.69, 9.17) is 0 Å². The minimum atomic E-state index is 0.411. The van der Waals surface area contributed by atoms with Crippen molar-refractivity contribution >= 4 is 3.21 Å². The molecule has 0 fully saturated rings. The average Bonchev–Trinajstić information content (AvgIpc) is 3.53. The van der Waals surface area contributed by atoms with Gasteiger partial charge in [-0.05, 0) is 12.3 Å². The van der Waals surface area contributed by atoms with E-state index in [9.17, 15) is 0 Å². The molecule has 0 atom stereocenters. The van der Waals surface area contributed by atoms with E-state index >= 15 is 0 Å². The Morgan fingerprint density at radius 3 is 1.97 bits per heavy atom.